The Balaban J connectivity index is 1.58. The van der Waals surface area contributed by atoms with Crippen molar-refractivity contribution in [2.24, 2.45) is 40.4 Å². The van der Waals surface area contributed by atoms with Crippen LogP contribution in [0.3, 0.4) is 0 Å². The molecule has 0 amide bonds. The number of carbonyl (C=O) groups is 1. The number of fused-ring (bicyclic) bond motifs is 7. The highest BCUT2D eigenvalue weighted by Crippen LogP contribution is 2.71. The molecular formula is C20H28O3. The predicted molar refractivity (Wildman–Crippen MR) is 86.5 cm³/mol. The van der Waals surface area contributed by atoms with Gasteiger partial charge in [-0.25, -0.2) is 0 Å². The minimum atomic E-state index is -0.870. The average Bonchev–Trinajstić information content (AvgIpc) is 3.23. The number of ketones is 1. The van der Waals surface area contributed by atoms with E-state index in [1.807, 2.05) is 6.08 Å². The molecule has 4 saturated carbocycles. The second-order valence-electron chi connectivity index (χ2n) is 9.63. The first-order chi connectivity index (χ1) is 10.8. The summed E-state index contributed by atoms with van der Waals surface area (Å²) in [4.78, 5) is 12.7. The second-order valence-corrected chi connectivity index (χ2v) is 9.63. The van der Waals surface area contributed by atoms with Crippen LogP contribution in [0.1, 0.15) is 52.4 Å². The number of Topliss-reactive ketones (excluding diaryl/α,β-unsaturated/α-hetero) is 1. The normalized spacial score (nSPS) is 63.0. The van der Waals surface area contributed by atoms with Gasteiger partial charge in [-0.1, -0.05) is 26.0 Å². The highest BCUT2D eigenvalue weighted by molar-refractivity contribution is 5.92. The molecule has 126 valence electrons. The van der Waals surface area contributed by atoms with Gasteiger partial charge in [0, 0.05) is 23.2 Å². The first kappa shape index (κ1) is 14.7. The number of aliphatic hydroxyl groups is 2. The van der Waals surface area contributed by atoms with Gasteiger partial charge in [0.15, 0.2) is 0 Å². The molecule has 0 spiro atoms. The molecule has 0 saturated heterocycles. The van der Waals surface area contributed by atoms with Gasteiger partial charge >= 0.3 is 0 Å². The Morgan fingerprint density at radius 1 is 1.22 bits per heavy atom. The van der Waals surface area contributed by atoms with E-state index in [9.17, 15) is 15.0 Å². The van der Waals surface area contributed by atoms with Crippen molar-refractivity contribution in [3.8, 4) is 0 Å². The number of rotatable bonds is 0. The largest absolute Gasteiger partial charge is 0.393 e. The summed E-state index contributed by atoms with van der Waals surface area (Å²) in [5, 5.41) is 21.3. The molecule has 0 heterocycles. The van der Waals surface area contributed by atoms with E-state index in [-0.39, 0.29) is 16.9 Å². The lowest BCUT2D eigenvalue weighted by molar-refractivity contribution is -0.169. The minimum absolute atomic E-state index is 0.112. The molecule has 0 aromatic rings. The van der Waals surface area contributed by atoms with E-state index in [1.165, 1.54) is 0 Å². The zero-order valence-electron chi connectivity index (χ0n) is 14.2. The fraction of sp³-hybridized carbons (Fsp3) is 0.850. The van der Waals surface area contributed by atoms with E-state index in [0.717, 1.165) is 32.1 Å². The summed E-state index contributed by atoms with van der Waals surface area (Å²) in [5.41, 5.74) is -1.13. The zero-order valence-corrected chi connectivity index (χ0v) is 14.2. The van der Waals surface area contributed by atoms with Gasteiger partial charge in [-0.05, 0) is 55.8 Å². The summed E-state index contributed by atoms with van der Waals surface area (Å²) in [6, 6.07) is 0. The number of aliphatic hydroxyl groups excluding tert-OH is 1. The van der Waals surface area contributed by atoms with Crippen LogP contribution in [-0.2, 0) is 4.79 Å². The molecule has 0 aliphatic heterocycles. The maximum Gasteiger partial charge on any atom is 0.142 e. The first-order valence-electron chi connectivity index (χ1n) is 9.44. The third kappa shape index (κ3) is 1.57. The van der Waals surface area contributed by atoms with Crippen LogP contribution in [0.25, 0.3) is 0 Å². The van der Waals surface area contributed by atoms with Crippen molar-refractivity contribution in [2.75, 3.05) is 0 Å². The lowest BCUT2D eigenvalue weighted by atomic mass is 9.45. The van der Waals surface area contributed by atoms with Gasteiger partial charge in [0.25, 0.3) is 0 Å². The molecule has 5 rings (SSSR count). The molecule has 23 heavy (non-hydrogen) atoms. The molecule has 5 aliphatic carbocycles. The van der Waals surface area contributed by atoms with Crippen LogP contribution in [0.2, 0.25) is 0 Å². The van der Waals surface area contributed by atoms with Crippen LogP contribution in [0.5, 0.6) is 0 Å². The smallest absolute Gasteiger partial charge is 0.142 e. The topological polar surface area (TPSA) is 57.5 Å². The molecule has 5 aliphatic rings. The van der Waals surface area contributed by atoms with Crippen LogP contribution >= 0.6 is 0 Å². The quantitative estimate of drug-likeness (QED) is 0.676. The van der Waals surface area contributed by atoms with Crippen molar-refractivity contribution >= 4 is 5.78 Å². The van der Waals surface area contributed by atoms with Gasteiger partial charge in [0.05, 0.1) is 11.7 Å². The monoisotopic (exact) mass is 316 g/mol. The average molecular weight is 316 g/mol. The first-order valence-corrected chi connectivity index (χ1v) is 9.44. The summed E-state index contributed by atoms with van der Waals surface area (Å²) < 4.78 is 0. The van der Waals surface area contributed by atoms with Crippen molar-refractivity contribution in [1.29, 1.82) is 0 Å². The molecule has 0 radical (unpaired) electrons. The van der Waals surface area contributed by atoms with Crippen molar-refractivity contribution in [3.63, 3.8) is 0 Å². The van der Waals surface area contributed by atoms with Crippen LogP contribution in [-0.4, -0.2) is 27.7 Å². The molecule has 6 unspecified atom stereocenters. The summed E-state index contributed by atoms with van der Waals surface area (Å²) in [6.45, 7) is 4.45. The number of carbonyl (C=O) groups excluding carboxylic acids is 1. The third-order valence-electron chi connectivity index (χ3n) is 8.74. The van der Waals surface area contributed by atoms with Gasteiger partial charge in [0.1, 0.15) is 5.78 Å². The molecule has 4 fully saturated rings. The maximum absolute atomic E-state index is 12.7. The van der Waals surface area contributed by atoms with E-state index in [2.05, 4.69) is 19.9 Å². The van der Waals surface area contributed by atoms with Gasteiger partial charge in [-0.2, -0.15) is 0 Å². The molecule has 0 bridgehead atoms. The fourth-order valence-electron chi connectivity index (χ4n) is 7.28. The zero-order chi connectivity index (χ0) is 16.2. The summed E-state index contributed by atoms with van der Waals surface area (Å²) in [5.74, 6) is 2.87. The van der Waals surface area contributed by atoms with Crippen LogP contribution in [0.15, 0.2) is 12.2 Å². The van der Waals surface area contributed by atoms with E-state index < -0.39 is 5.60 Å². The Hall–Kier alpha value is -0.670. The second kappa shape index (κ2) is 4.11. The number of allylic oxidation sites excluding steroid dienone is 1. The maximum atomic E-state index is 12.7. The van der Waals surface area contributed by atoms with Crippen molar-refractivity contribution < 1.29 is 15.0 Å². The highest BCUT2D eigenvalue weighted by atomic mass is 16.3. The highest BCUT2D eigenvalue weighted by Gasteiger charge is 2.71. The third-order valence-corrected chi connectivity index (χ3v) is 8.74. The van der Waals surface area contributed by atoms with Crippen molar-refractivity contribution in [3.05, 3.63) is 12.2 Å². The number of hydrogen-bond acceptors (Lipinski definition) is 3. The predicted octanol–water partition coefficient (Wildman–Crippen LogP) is 2.71. The Bertz CT molecular complexity index is 612. The van der Waals surface area contributed by atoms with Gasteiger partial charge in [-0.3, -0.25) is 4.79 Å². The lowest BCUT2D eigenvalue weighted by Gasteiger charge is -2.61. The fourth-order valence-corrected chi connectivity index (χ4v) is 7.28. The SMILES string of the molecule is CC12CCC3C(C=CC4(O)C[C@@H](O)CCC34C)C1[C@@H]1C[C@@H]1C2=O. The van der Waals surface area contributed by atoms with E-state index >= 15 is 0 Å². The van der Waals surface area contributed by atoms with Gasteiger partial charge in [0.2, 0.25) is 0 Å². The Labute approximate surface area is 138 Å². The molecule has 3 heteroatoms. The minimum Gasteiger partial charge on any atom is -0.393 e. The van der Waals surface area contributed by atoms with Crippen molar-refractivity contribution in [1.82, 2.24) is 0 Å². The van der Waals surface area contributed by atoms with E-state index in [0.29, 0.717) is 41.8 Å². The summed E-state index contributed by atoms with van der Waals surface area (Å²) >= 11 is 0. The molecule has 0 aromatic heterocycles. The van der Waals surface area contributed by atoms with E-state index in [1.54, 1.807) is 0 Å². The number of hydrogen-bond donors (Lipinski definition) is 2. The summed E-state index contributed by atoms with van der Waals surface area (Å²) in [7, 11) is 0. The molecule has 3 nitrogen and oxygen atoms in total. The molecule has 0 aromatic carbocycles. The summed E-state index contributed by atoms with van der Waals surface area (Å²) in [6.07, 6.45) is 9.15. The molecular weight excluding hydrogens is 288 g/mol. The standard InChI is InChI=1S/C20H28O3/c1-18-6-5-15-12(16(18)13-9-14(13)17(18)22)4-8-20(23)10-11(21)3-7-19(15,20)2/h4,8,11-16,21,23H,3,5-7,9-10H2,1-2H3/t11-,12?,13+,14-,15?,16?,18?,19?,20?/m0/s1. The van der Waals surface area contributed by atoms with Crippen molar-refractivity contribution in [2.45, 2.75) is 64.1 Å². The Kier molecular flexibility index (Phi) is 2.62. The van der Waals surface area contributed by atoms with Crippen LogP contribution in [0.4, 0.5) is 0 Å². The Morgan fingerprint density at radius 2 is 2.00 bits per heavy atom. The Morgan fingerprint density at radius 3 is 2.78 bits per heavy atom. The molecule has 9 atom stereocenters. The molecule has 2 N–H and O–H groups in total. The van der Waals surface area contributed by atoms with E-state index in [4.69, 9.17) is 0 Å². The lowest BCUT2D eigenvalue weighted by Crippen LogP contribution is -2.61. The van der Waals surface area contributed by atoms with Crippen LogP contribution in [0, 0.1) is 40.4 Å². The van der Waals surface area contributed by atoms with Crippen LogP contribution < -0.4 is 0 Å². The van der Waals surface area contributed by atoms with Gasteiger partial charge < -0.3 is 10.2 Å². The van der Waals surface area contributed by atoms with Gasteiger partial charge in [-0.15, -0.1) is 0 Å².